The normalized spacial score (nSPS) is 22.5. The topological polar surface area (TPSA) is 55.1 Å². The Morgan fingerprint density at radius 1 is 1.32 bits per heavy atom. The van der Waals surface area contributed by atoms with Gasteiger partial charge >= 0.3 is 0 Å². The summed E-state index contributed by atoms with van der Waals surface area (Å²) in [5, 5.41) is 3.11. The number of nitrogens with two attached hydrogens (primary N) is 1. The van der Waals surface area contributed by atoms with Crippen LogP contribution in [0, 0.1) is 6.92 Å². The molecule has 2 rings (SSSR count). The van der Waals surface area contributed by atoms with Crippen molar-refractivity contribution in [3.8, 4) is 0 Å². The van der Waals surface area contributed by atoms with Crippen LogP contribution in [0.5, 0.6) is 0 Å². The summed E-state index contributed by atoms with van der Waals surface area (Å²) in [4.78, 5) is 12.2. The Kier molecular flexibility index (Phi) is 6.30. The summed E-state index contributed by atoms with van der Waals surface area (Å²) in [6.45, 7) is 1.95. The first-order valence-electron chi connectivity index (χ1n) is 6.39. The van der Waals surface area contributed by atoms with Gasteiger partial charge in [-0.2, -0.15) is 0 Å². The first-order chi connectivity index (χ1) is 8.56. The largest absolute Gasteiger partial charge is 0.349 e. The number of hydrogen-bond acceptors (Lipinski definition) is 2. The predicted molar refractivity (Wildman–Crippen MR) is 83.8 cm³/mol. The standard InChI is InChI=1S/C14H19BrN2O.ClH/c1-9-8-10(15)2-7-13(9)14(18)17-12-5-3-11(16)4-6-12;/h2,7-8,11-12H,3-6,16H2,1H3,(H,17,18);1H. The average molecular weight is 348 g/mol. The number of amides is 1. The summed E-state index contributed by atoms with van der Waals surface area (Å²) < 4.78 is 1.00. The first-order valence-corrected chi connectivity index (χ1v) is 7.18. The molecule has 0 bridgehead atoms. The molecular weight excluding hydrogens is 328 g/mol. The van der Waals surface area contributed by atoms with Gasteiger partial charge in [0.25, 0.3) is 5.91 Å². The van der Waals surface area contributed by atoms with Gasteiger partial charge in [-0.1, -0.05) is 15.9 Å². The summed E-state index contributed by atoms with van der Waals surface area (Å²) in [6.07, 6.45) is 3.99. The van der Waals surface area contributed by atoms with Gasteiger partial charge in [-0.3, -0.25) is 4.79 Å². The van der Waals surface area contributed by atoms with Crippen molar-refractivity contribution in [2.75, 3.05) is 0 Å². The molecule has 19 heavy (non-hydrogen) atoms. The lowest BCUT2D eigenvalue weighted by Crippen LogP contribution is -2.40. The van der Waals surface area contributed by atoms with Crippen molar-refractivity contribution in [1.29, 1.82) is 0 Å². The fourth-order valence-corrected chi connectivity index (χ4v) is 2.88. The maximum absolute atomic E-state index is 12.2. The van der Waals surface area contributed by atoms with Gasteiger partial charge in [0.05, 0.1) is 0 Å². The minimum Gasteiger partial charge on any atom is -0.349 e. The average Bonchev–Trinajstić information content (AvgIpc) is 2.32. The van der Waals surface area contributed by atoms with Crippen molar-refractivity contribution in [3.05, 3.63) is 33.8 Å². The SMILES string of the molecule is Cc1cc(Br)ccc1C(=O)NC1CCC(N)CC1.Cl. The van der Waals surface area contributed by atoms with Gasteiger partial charge in [-0.25, -0.2) is 0 Å². The van der Waals surface area contributed by atoms with E-state index in [1.165, 1.54) is 0 Å². The third-order valence-corrected chi connectivity index (χ3v) is 4.03. The molecule has 1 aromatic rings. The molecule has 1 aliphatic carbocycles. The number of nitrogens with one attached hydrogen (secondary N) is 1. The molecular formula is C14H20BrClN2O. The Bertz CT molecular complexity index is 445. The summed E-state index contributed by atoms with van der Waals surface area (Å²) in [5.41, 5.74) is 7.61. The van der Waals surface area contributed by atoms with Crippen molar-refractivity contribution < 1.29 is 4.79 Å². The van der Waals surface area contributed by atoms with Crippen LogP contribution in [0.3, 0.4) is 0 Å². The van der Waals surface area contributed by atoms with Gasteiger partial charge in [0.15, 0.2) is 0 Å². The Balaban J connectivity index is 0.00000180. The van der Waals surface area contributed by atoms with E-state index in [1.54, 1.807) is 0 Å². The fraction of sp³-hybridized carbons (Fsp3) is 0.500. The maximum atomic E-state index is 12.2. The zero-order valence-corrected chi connectivity index (χ0v) is 13.4. The van der Waals surface area contributed by atoms with Gasteiger partial charge in [0, 0.05) is 22.1 Å². The molecule has 106 valence electrons. The molecule has 1 fully saturated rings. The molecule has 0 atom stereocenters. The minimum absolute atomic E-state index is 0. The van der Waals surface area contributed by atoms with Crippen LogP contribution in [0.4, 0.5) is 0 Å². The Morgan fingerprint density at radius 2 is 1.95 bits per heavy atom. The fourth-order valence-electron chi connectivity index (χ4n) is 2.41. The molecule has 1 amide bonds. The summed E-state index contributed by atoms with van der Waals surface area (Å²) in [5.74, 6) is 0.0282. The van der Waals surface area contributed by atoms with E-state index in [0.29, 0.717) is 6.04 Å². The van der Waals surface area contributed by atoms with Crippen LogP contribution in [-0.2, 0) is 0 Å². The highest BCUT2D eigenvalue weighted by molar-refractivity contribution is 9.10. The molecule has 0 aliphatic heterocycles. The second-order valence-corrected chi connectivity index (χ2v) is 5.96. The lowest BCUT2D eigenvalue weighted by Gasteiger charge is -2.27. The molecule has 1 aliphatic rings. The zero-order valence-electron chi connectivity index (χ0n) is 11.0. The van der Waals surface area contributed by atoms with E-state index in [4.69, 9.17) is 5.73 Å². The van der Waals surface area contributed by atoms with E-state index >= 15 is 0 Å². The molecule has 1 saturated carbocycles. The van der Waals surface area contributed by atoms with E-state index in [9.17, 15) is 4.79 Å². The zero-order chi connectivity index (χ0) is 13.1. The molecule has 3 nitrogen and oxygen atoms in total. The third-order valence-electron chi connectivity index (χ3n) is 3.54. The van der Waals surface area contributed by atoms with Crippen LogP contribution >= 0.6 is 28.3 Å². The van der Waals surface area contributed by atoms with Gasteiger partial charge in [-0.05, 0) is 56.4 Å². The van der Waals surface area contributed by atoms with Crippen LogP contribution < -0.4 is 11.1 Å². The highest BCUT2D eigenvalue weighted by Crippen LogP contribution is 2.19. The predicted octanol–water partition coefficient (Wildman–Crippen LogP) is 3.18. The molecule has 0 radical (unpaired) electrons. The second kappa shape index (κ2) is 7.27. The lowest BCUT2D eigenvalue weighted by molar-refractivity contribution is 0.0925. The van der Waals surface area contributed by atoms with E-state index in [0.717, 1.165) is 41.3 Å². The summed E-state index contributed by atoms with van der Waals surface area (Å²) in [7, 11) is 0. The number of rotatable bonds is 2. The van der Waals surface area contributed by atoms with Gasteiger partial charge in [0.2, 0.25) is 0 Å². The van der Waals surface area contributed by atoms with Gasteiger partial charge in [0.1, 0.15) is 0 Å². The van der Waals surface area contributed by atoms with Gasteiger partial charge in [-0.15, -0.1) is 12.4 Å². The Hall–Kier alpha value is -0.580. The molecule has 0 unspecified atom stereocenters. The van der Waals surface area contributed by atoms with Crippen LogP contribution in [0.2, 0.25) is 0 Å². The monoisotopic (exact) mass is 346 g/mol. The number of carbonyl (C=O) groups is 1. The van der Waals surface area contributed by atoms with Crippen LogP contribution in [0.25, 0.3) is 0 Å². The quantitative estimate of drug-likeness (QED) is 0.863. The molecule has 3 N–H and O–H groups in total. The maximum Gasteiger partial charge on any atom is 0.251 e. The Morgan fingerprint density at radius 3 is 2.53 bits per heavy atom. The number of hydrogen-bond donors (Lipinski definition) is 2. The molecule has 1 aromatic carbocycles. The molecule has 0 spiro atoms. The summed E-state index contributed by atoms with van der Waals surface area (Å²) >= 11 is 3.40. The highest BCUT2D eigenvalue weighted by atomic mass is 79.9. The van der Waals surface area contributed by atoms with E-state index in [2.05, 4.69) is 21.2 Å². The number of aryl methyl sites for hydroxylation is 1. The number of halogens is 2. The second-order valence-electron chi connectivity index (χ2n) is 5.04. The number of carbonyl (C=O) groups excluding carboxylic acids is 1. The van der Waals surface area contributed by atoms with Crippen molar-refractivity contribution in [2.45, 2.75) is 44.7 Å². The van der Waals surface area contributed by atoms with E-state index in [-0.39, 0.29) is 24.4 Å². The van der Waals surface area contributed by atoms with Crippen molar-refractivity contribution >= 4 is 34.2 Å². The van der Waals surface area contributed by atoms with Crippen LogP contribution in [-0.4, -0.2) is 18.0 Å². The van der Waals surface area contributed by atoms with Crippen molar-refractivity contribution in [2.24, 2.45) is 5.73 Å². The van der Waals surface area contributed by atoms with Crippen LogP contribution in [0.15, 0.2) is 22.7 Å². The highest BCUT2D eigenvalue weighted by Gasteiger charge is 2.21. The molecule has 5 heteroatoms. The van der Waals surface area contributed by atoms with Crippen molar-refractivity contribution in [1.82, 2.24) is 5.32 Å². The minimum atomic E-state index is 0. The molecule has 0 saturated heterocycles. The Labute approximate surface area is 128 Å². The lowest BCUT2D eigenvalue weighted by atomic mass is 9.91. The van der Waals surface area contributed by atoms with Gasteiger partial charge < -0.3 is 11.1 Å². The third kappa shape index (κ3) is 4.48. The van der Waals surface area contributed by atoms with E-state index in [1.807, 2.05) is 25.1 Å². The van der Waals surface area contributed by atoms with Crippen LogP contribution in [0.1, 0.15) is 41.6 Å². The molecule has 0 heterocycles. The first kappa shape index (κ1) is 16.5. The number of benzene rings is 1. The summed E-state index contributed by atoms with van der Waals surface area (Å²) in [6, 6.07) is 6.32. The smallest absolute Gasteiger partial charge is 0.251 e. The molecule has 0 aromatic heterocycles. The van der Waals surface area contributed by atoms with E-state index < -0.39 is 0 Å². The van der Waals surface area contributed by atoms with Crippen molar-refractivity contribution in [3.63, 3.8) is 0 Å².